The fourth-order valence-corrected chi connectivity index (χ4v) is 4.74. The summed E-state index contributed by atoms with van der Waals surface area (Å²) in [6.45, 7) is 2.99. The summed E-state index contributed by atoms with van der Waals surface area (Å²) in [6.07, 6.45) is 4.26. The molecule has 2 aromatic carbocycles. The van der Waals surface area contributed by atoms with Crippen LogP contribution in [0.2, 0.25) is 0 Å². The van der Waals surface area contributed by atoms with Gasteiger partial charge in [0.05, 0.1) is 18.9 Å². The van der Waals surface area contributed by atoms with Crippen LogP contribution < -0.4 is 4.90 Å². The molecule has 1 aliphatic heterocycles. The molecule has 0 N–H and O–H groups in total. The van der Waals surface area contributed by atoms with Gasteiger partial charge in [0, 0.05) is 31.9 Å². The first-order valence-corrected chi connectivity index (χ1v) is 11.1. The first-order chi connectivity index (χ1) is 15.2. The van der Waals surface area contributed by atoms with Crippen LogP contribution in [-0.4, -0.2) is 50.1 Å². The lowest BCUT2D eigenvalue weighted by Crippen LogP contribution is -2.52. The molecular formula is C26H30N2O3. The molecule has 2 fully saturated rings. The predicted octanol–water partition coefficient (Wildman–Crippen LogP) is 4.01. The van der Waals surface area contributed by atoms with E-state index >= 15 is 0 Å². The molecule has 0 bridgehead atoms. The number of methoxy groups -OCH3 is 1. The number of ether oxygens (including phenoxy) is 1. The van der Waals surface area contributed by atoms with Crippen molar-refractivity contribution in [2.24, 2.45) is 11.8 Å². The van der Waals surface area contributed by atoms with Gasteiger partial charge in [-0.3, -0.25) is 9.59 Å². The summed E-state index contributed by atoms with van der Waals surface area (Å²) in [5.74, 6) is -0.890. The summed E-state index contributed by atoms with van der Waals surface area (Å²) < 4.78 is 5.09. The summed E-state index contributed by atoms with van der Waals surface area (Å²) in [6, 6.07) is 20.4. The number of benzene rings is 2. The Morgan fingerprint density at radius 1 is 0.903 bits per heavy atom. The number of hydrogen-bond acceptors (Lipinski definition) is 4. The van der Waals surface area contributed by atoms with E-state index in [2.05, 4.69) is 35.2 Å². The molecule has 2 aliphatic rings. The zero-order chi connectivity index (χ0) is 21.6. The number of rotatable bonds is 4. The van der Waals surface area contributed by atoms with Gasteiger partial charge in [-0.15, -0.1) is 0 Å². The van der Waals surface area contributed by atoms with Crippen molar-refractivity contribution in [3.05, 3.63) is 71.8 Å². The Bertz CT molecular complexity index is 918. The Morgan fingerprint density at radius 2 is 1.55 bits per heavy atom. The van der Waals surface area contributed by atoms with Crippen molar-refractivity contribution in [2.75, 3.05) is 38.2 Å². The third-order valence-electron chi connectivity index (χ3n) is 6.45. The van der Waals surface area contributed by atoms with Crippen LogP contribution >= 0.6 is 0 Å². The van der Waals surface area contributed by atoms with Crippen LogP contribution in [0.1, 0.15) is 24.8 Å². The van der Waals surface area contributed by atoms with Crippen molar-refractivity contribution in [3.63, 3.8) is 0 Å². The molecule has 4 rings (SSSR count). The molecule has 31 heavy (non-hydrogen) atoms. The summed E-state index contributed by atoms with van der Waals surface area (Å²) in [7, 11) is 1.41. The molecule has 5 heteroatoms. The molecule has 0 radical (unpaired) electrons. The zero-order valence-electron chi connectivity index (χ0n) is 18.1. The first kappa shape index (κ1) is 21.2. The third kappa shape index (κ3) is 4.98. The quantitative estimate of drug-likeness (QED) is 0.704. The van der Waals surface area contributed by atoms with E-state index in [1.165, 1.54) is 18.4 Å². The molecule has 1 heterocycles. The maximum atomic E-state index is 13.4. The summed E-state index contributed by atoms with van der Waals surface area (Å²) in [5.41, 5.74) is 3.53. The van der Waals surface area contributed by atoms with Crippen LogP contribution in [-0.2, 0) is 14.3 Å². The van der Waals surface area contributed by atoms with Crippen molar-refractivity contribution in [2.45, 2.75) is 19.3 Å². The number of para-hydroxylation sites is 1. The monoisotopic (exact) mass is 418 g/mol. The Balaban J connectivity index is 1.42. The Labute approximate surface area is 184 Å². The van der Waals surface area contributed by atoms with E-state index < -0.39 is 5.92 Å². The van der Waals surface area contributed by atoms with Gasteiger partial charge in [0.2, 0.25) is 5.91 Å². The van der Waals surface area contributed by atoms with Crippen molar-refractivity contribution >= 4 is 23.6 Å². The van der Waals surface area contributed by atoms with Crippen LogP contribution in [0, 0.1) is 11.8 Å². The summed E-state index contributed by atoms with van der Waals surface area (Å²) >= 11 is 0. The number of anilines is 1. The van der Waals surface area contributed by atoms with Crippen molar-refractivity contribution in [1.82, 2.24) is 4.90 Å². The molecular weight excluding hydrogens is 388 g/mol. The number of esters is 1. The van der Waals surface area contributed by atoms with Gasteiger partial charge in [0.15, 0.2) is 0 Å². The van der Waals surface area contributed by atoms with Gasteiger partial charge < -0.3 is 14.5 Å². The van der Waals surface area contributed by atoms with E-state index in [9.17, 15) is 9.59 Å². The first-order valence-electron chi connectivity index (χ1n) is 11.1. The van der Waals surface area contributed by atoms with Gasteiger partial charge >= 0.3 is 5.97 Å². The molecule has 1 amide bonds. The van der Waals surface area contributed by atoms with Crippen LogP contribution in [0.5, 0.6) is 0 Å². The molecule has 1 aliphatic carbocycles. The highest BCUT2D eigenvalue weighted by Crippen LogP contribution is 2.37. The van der Waals surface area contributed by atoms with Crippen molar-refractivity contribution in [3.8, 4) is 0 Å². The lowest BCUT2D eigenvalue weighted by atomic mass is 9.75. The molecule has 0 aromatic heterocycles. The fourth-order valence-electron chi connectivity index (χ4n) is 4.74. The van der Waals surface area contributed by atoms with Gasteiger partial charge in [-0.2, -0.15) is 0 Å². The summed E-state index contributed by atoms with van der Waals surface area (Å²) in [5, 5.41) is 0. The minimum atomic E-state index is -0.409. The van der Waals surface area contributed by atoms with Gasteiger partial charge in [-0.25, -0.2) is 0 Å². The number of hydrogen-bond donors (Lipinski definition) is 0. The zero-order valence-corrected chi connectivity index (χ0v) is 18.1. The lowest BCUT2D eigenvalue weighted by Gasteiger charge is -2.39. The summed E-state index contributed by atoms with van der Waals surface area (Å²) in [4.78, 5) is 30.2. The lowest BCUT2D eigenvalue weighted by molar-refractivity contribution is -0.154. The van der Waals surface area contributed by atoms with Crippen molar-refractivity contribution in [1.29, 1.82) is 0 Å². The average Bonchev–Trinajstić information content (AvgIpc) is 2.84. The molecule has 1 saturated heterocycles. The van der Waals surface area contributed by atoms with Gasteiger partial charge in [0.1, 0.15) is 0 Å². The molecule has 1 saturated carbocycles. The maximum absolute atomic E-state index is 13.4. The largest absolute Gasteiger partial charge is 0.469 e. The Kier molecular flexibility index (Phi) is 6.70. The molecule has 2 atom stereocenters. The number of piperazine rings is 1. The molecule has 162 valence electrons. The SMILES string of the molecule is COC(=O)C1CC(=Cc2ccccc2)CCC1C(=O)N1CCN(c2ccccc2)CC1. The molecule has 0 spiro atoms. The van der Waals surface area contributed by atoms with Gasteiger partial charge in [-0.05, 0) is 37.0 Å². The minimum Gasteiger partial charge on any atom is -0.469 e. The highest BCUT2D eigenvalue weighted by atomic mass is 16.5. The van der Waals surface area contributed by atoms with Crippen LogP contribution in [0.25, 0.3) is 6.08 Å². The van der Waals surface area contributed by atoms with Crippen molar-refractivity contribution < 1.29 is 14.3 Å². The number of nitrogens with zero attached hydrogens (tertiary/aromatic N) is 2. The maximum Gasteiger partial charge on any atom is 0.309 e. The second-order valence-electron chi connectivity index (χ2n) is 8.34. The Morgan fingerprint density at radius 3 is 2.19 bits per heavy atom. The number of amides is 1. The van der Waals surface area contributed by atoms with E-state index in [0.717, 1.165) is 25.1 Å². The Hall–Kier alpha value is -3.08. The number of carbonyl (C=O) groups is 2. The van der Waals surface area contributed by atoms with E-state index in [4.69, 9.17) is 4.74 Å². The third-order valence-corrected chi connectivity index (χ3v) is 6.45. The van der Waals surface area contributed by atoms with E-state index in [1.807, 2.05) is 41.3 Å². The van der Waals surface area contributed by atoms with Crippen LogP contribution in [0.3, 0.4) is 0 Å². The fraction of sp³-hybridized carbons (Fsp3) is 0.385. The molecule has 2 unspecified atom stereocenters. The van der Waals surface area contributed by atoms with Crippen LogP contribution in [0.4, 0.5) is 5.69 Å². The van der Waals surface area contributed by atoms with Gasteiger partial charge in [0.25, 0.3) is 0 Å². The minimum absolute atomic E-state index is 0.0990. The standard InChI is InChI=1S/C26H30N2O3/c1-31-26(30)24-19-21(18-20-8-4-2-5-9-20)12-13-23(24)25(29)28-16-14-27(15-17-28)22-10-6-3-7-11-22/h2-11,18,23-24H,12-17,19H2,1H3. The topological polar surface area (TPSA) is 49.9 Å². The van der Waals surface area contributed by atoms with E-state index in [1.54, 1.807) is 0 Å². The van der Waals surface area contributed by atoms with Crippen LogP contribution in [0.15, 0.2) is 66.2 Å². The smallest absolute Gasteiger partial charge is 0.309 e. The average molecular weight is 419 g/mol. The highest BCUT2D eigenvalue weighted by Gasteiger charge is 2.40. The van der Waals surface area contributed by atoms with E-state index in [0.29, 0.717) is 25.9 Å². The normalized spacial score (nSPS) is 22.9. The predicted molar refractivity (Wildman–Crippen MR) is 123 cm³/mol. The highest BCUT2D eigenvalue weighted by molar-refractivity contribution is 5.86. The molecule has 5 nitrogen and oxygen atoms in total. The van der Waals surface area contributed by atoms with E-state index in [-0.39, 0.29) is 17.8 Å². The second-order valence-corrected chi connectivity index (χ2v) is 8.34. The number of allylic oxidation sites excluding steroid dienone is 1. The molecule has 2 aromatic rings. The second kappa shape index (κ2) is 9.82. The number of carbonyl (C=O) groups excluding carboxylic acids is 2. The van der Waals surface area contributed by atoms with Gasteiger partial charge in [-0.1, -0.05) is 60.2 Å².